The number of carbonyl (C=O) groups excluding carboxylic acids is 1. The lowest BCUT2D eigenvalue weighted by Crippen LogP contribution is -2.35. The number of carbonyl (C=O) groups is 1. The summed E-state index contributed by atoms with van der Waals surface area (Å²) in [6.45, 7) is 3.98. The Kier molecular flexibility index (Phi) is 6.35. The summed E-state index contributed by atoms with van der Waals surface area (Å²) >= 11 is 0. The van der Waals surface area contributed by atoms with Crippen LogP contribution in [0, 0.1) is 0 Å². The van der Waals surface area contributed by atoms with Crippen LogP contribution in [0.2, 0.25) is 0 Å². The van der Waals surface area contributed by atoms with Crippen LogP contribution >= 0.6 is 0 Å². The zero-order valence-electron chi connectivity index (χ0n) is 13.4. The first kappa shape index (κ1) is 17.2. The fourth-order valence-corrected chi connectivity index (χ4v) is 3.15. The number of benzene rings is 2. The molecular weight excluding hydrogens is 308 g/mol. The number of amides is 2. The van der Waals surface area contributed by atoms with Gasteiger partial charge in [-0.3, -0.25) is 4.21 Å². The molecule has 0 aliphatic carbocycles. The predicted octanol–water partition coefficient (Wildman–Crippen LogP) is 3.91. The molecule has 2 amide bonds. The van der Waals surface area contributed by atoms with Gasteiger partial charge in [-0.15, -0.1) is 0 Å². The molecule has 0 aromatic heterocycles. The summed E-state index contributed by atoms with van der Waals surface area (Å²) in [6.07, 6.45) is 0.878. The Morgan fingerprint density at radius 1 is 1.13 bits per heavy atom. The zero-order chi connectivity index (χ0) is 16.7. The normalized spacial score (nSPS) is 13.1. The van der Waals surface area contributed by atoms with E-state index in [2.05, 4.69) is 10.6 Å². The van der Waals surface area contributed by atoms with Gasteiger partial charge in [0.25, 0.3) is 0 Å². The minimum absolute atomic E-state index is 0.128. The average molecular weight is 330 g/mol. The molecule has 0 saturated heterocycles. The van der Waals surface area contributed by atoms with Gasteiger partial charge >= 0.3 is 6.03 Å². The van der Waals surface area contributed by atoms with E-state index in [-0.39, 0.29) is 12.1 Å². The van der Waals surface area contributed by atoms with Crippen LogP contribution in [0.1, 0.15) is 25.8 Å². The van der Waals surface area contributed by atoms with Crippen molar-refractivity contribution < 1.29 is 9.00 Å². The second-order valence-electron chi connectivity index (χ2n) is 5.41. The van der Waals surface area contributed by atoms with Crippen molar-refractivity contribution in [3.63, 3.8) is 0 Å². The van der Waals surface area contributed by atoms with E-state index in [4.69, 9.17) is 0 Å². The van der Waals surface area contributed by atoms with Gasteiger partial charge in [-0.05, 0) is 43.2 Å². The smallest absolute Gasteiger partial charge is 0.319 e. The molecule has 2 rings (SSSR count). The summed E-state index contributed by atoms with van der Waals surface area (Å²) in [5, 5.41) is 5.67. The van der Waals surface area contributed by atoms with Gasteiger partial charge < -0.3 is 10.6 Å². The maximum Gasteiger partial charge on any atom is 0.319 e. The number of hydrogen-bond acceptors (Lipinski definition) is 2. The topological polar surface area (TPSA) is 58.2 Å². The molecule has 0 heterocycles. The molecule has 2 aromatic rings. The summed E-state index contributed by atoms with van der Waals surface area (Å²) in [5.74, 6) is 0.423. The van der Waals surface area contributed by atoms with E-state index in [0.717, 1.165) is 16.9 Å². The number of urea groups is 1. The number of rotatable bonds is 6. The van der Waals surface area contributed by atoms with E-state index < -0.39 is 10.8 Å². The summed E-state index contributed by atoms with van der Waals surface area (Å²) in [5.41, 5.74) is 1.63. The first-order chi connectivity index (χ1) is 11.1. The Balaban J connectivity index is 2.00. The van der Waals surface area contributed by atoms with Crippen molar-refractivity contribution in [2.45, 2.75) is 37.0 Å². The summed E-state index contributed by atoms with van der Waals surface area (Å²) < 4.78 is 12.3. The highest BCUT2D eigenvalue weighted by Gasteiger charge is 2.08. The second kappa shape index (κ2) is 8.48. The molecule has 23 heavy (non-hydrogen) atoms. The standard InChI is InChI=1S/C18H22N2O2S/c1-3-14(2)19-18(21)20-16-9-7-8-15(12-16)13-23(22)17-10-5-4-6-11-17/h4-12,14H,3,13H2,1-2H3,(H2,19,20,21)/t14-,23-/m1/s1. The largest absolute Gasteiger partial charge is 0.335 e. The average Bonchev–Trinajstić information content (AvgIpc) is 2.55. The minimum Gasteiger partial charge on any atom is -0.335 e. The molecule has 0 aliphatic rings. The third-order valence-corrected chi connectivity index (χ3v) is 4.87. The quantitative estimate of drug-likeness (QED) is 0.843. The van der Waals surface area contributed by atoms with Crippen LogP contribution in [-0.4, -0.2) is 16.3 Å². The highest BCUT2D eigenvalue weighted by molar-refractivity contribution is 7.84. The first-order valence-corrected chi connectivity index (χ1v) is 9.00. The fraction of sp³-hybridized carbons (Fsp3) is 0.278. The van der Waals surface area contributed by atoms with Crippen LogP contribution in [0.4, 0.5) is 10.5 Å². The van der Waals surface area contributed by atoms with Crippen molar-refractivity contribution in [1.82, 2.24) is 5.32 Å². The molecule has 4 nitrogen and oxygen atoms in total. The molecule has 0 fully saturated rings. The lowest BCUT2D eigenvalue weighted by molar-refractivity contribution is 0.249. The molecule has 2 N–H and O–H groups in total. The lowest BCUT2D eigenvalue weighted by atomic mass is 10.2. The Hall–Kier alpha value is -2.14. The minimum atomic E-state index is -1.09. The molecule has 2 aromatic carbocycles. The van der Waals surface area contributed by atoms with Crippen LogP contribution in [0.3, 0.4) is 0 Å². The van der Waals surface area contributed by atoms with Gasteiger partial charge in [-0.1, -0.05) is 37.3 Å². The van der Waals surface area contributed by atoms with E-state index >= 15 is 0 Å². The van der Waals surface area contributed by atoms with Gasteiger partial charge in [0, 0.05) is 16.6 Å². The molecule has 5 heteroatoms. The van der Waals surface area contributed by atoms with Crippen LogP contribution in [0.25, 0.3) is 0 Å². The number of nitrogens with one attached hydrogen (secondary N) is 2. The maximum atomic E-state index is 12.3. The molecule has 0 saturated carbocycles. The summed E-state index contributed by atoms with van der Waals surface area (Å²) in [4.78, 5) is 12.7. The summed E-state index contributed by atoms with van der Waals surface area (Å²) in [6, 6.07) is 16.7. The van der Waals surface area contributed by atoms with Gasteiger partial charge in [0.1, 0.15) is 0 Å². The molecule has 2 atom stereocenters. The highest BCUT2D eigenvalue weighted by Crippen LogP contribution is 2.16. The van der Waals surface area contributed by atoms with Crippen molar-refractivity contribution >= 4 is 22.5 Å². The third-order valence-electron chi connectivity index (χ3n) is 3.48. The molecule has 0 aliphatic heterocycles. The van der Waals surface area contributed by atoms with Gasteiger partial charge in [0.05, 0.1) is 16.6 Å². The molecule has 0 unspecified atom stereocenters. The fourth-order valence-electron chi connectivity index (χ4n) is 2.04. The Bertz CT molecular complexity index is 674. The van der Waals surface area contributed by atoms with Crippen molar-refractivity contribution in [2.24, 2.45) is 0 Å². The van der Waals surface area contributed by atoms with Gasteiger partial charge in [-0.2, -0.15) is 0 Å². The molecule has 122 valence electrons. The van der Waals surface area contributed by atoms with Crippen LogP contribution < -0.4 is 10.6 Å². The van der Waals surface area contributed by atoms with E-state index in [1.54, 1.807) is 0 Å². The van der Waals surface area contributed by atoms with Crippen molar-refractivity contribution in [3.05, 3.63) is 60.2 Å². The Morgan fingerprint density at radius 3 is 2.57 bits per heavy atom. The van der Waals surface area contributed by atoms with Crippen molar-refractivity contribution in [3.8, 4) is 0 Å². The predicted molar refractivity (Wildman–Crippen MR) is 94.9 cm³/mol. The third kappa shape index (κ3) is 5.53. The van der Waals surface area contributed by atoms with Crippen molar-refractivity contribution in [1.29, 1.82) is 0 Å². The van der Waals surface area contributed by atoms with Gasteiger partial charge in [0.15, 0.2) is 0 Å². The molecule has 0 spiro atoms. The maximum absolute atomic E-state index is 12.3. The Labute approximate surface area is 139 Å². The van der Waals surface area contributed by atoms with E-state index in [9.17, 15) is 9.00 Å². The molecular formula is C18H22N2O2S. The second-order valence-corrected chi connectivity index (χ2v) is 6.86. The van der Waals surface area contributed by atoms with Crippen LogP contribution in [0.5, 0.6) is 0 Å². The van der Waals surface area contributed by atoms with Gasteiger partial charge in [0.2, 0.25) is 0 Å². The zero-order valence-corrected chi connectivity index (χ0v) is 14.2. The Morgan fingerprint density at radius 2 is 1.87 bits per heavy atom. The molecule has 0 radical (unpaired) electrons. The van der Waals surface area contributed by atoms with Gasteiger partial charge in [-0.25, -0.2) is 4.79 Å². The number of anilines is 1. The van der Waals surface area contributed by atoms with E-state index in [1.807, 2.05) is 68.4 Å². The van der Waals surface area contributed by atoms with Crippen LogP contribution in [-0.2, 0) is 16.6 Å². The first-order valence-electron chi connectivity index (χ1n) is 7.68. The summed E-state index contributed by atoms with van der Waals surface area (Å²) in [7, 11) is -1.09. The number of hydrogen-bond donors (Lipinski definition) is 2. The van der Waals surface area contributed by atoms with E-state index in [0.29, 0.717) is 11.4 Å². The molecule has 0 bridgehead atoms. The van der Waals surface area contributed by atoms with E-state index in [1.165, 1.54) is 0 Å². The SMILES string of the molecule is CC[C@@H](C)NC(=O)Nc1cccc(C[S@@](=O)c2ccccc2)c1. The van der Waals surface area contributed by atoms with Crippen LogP contribution in [0.15, 0.2) is 59.5 Å². The van der Waals surface area contributed by atoms with Crippen molar-refractivity contribution in [2.75, 3.05) is 5.32 Å². The highest BCUT2D eigenvalue weighted by atomic mass is 32.2. The monoisotopic (exact) mass is 330 g/mol. The lowest BCUT2D eigenvalue weighted by Gasteiger charge is -2.13.